The van der Waals surface area contributed by atoms with Crippen molar-refractivity contribution in [2.24, 2.45) is 5.41 Å². The van der Waals surface area contributed by atoms with Crippen LogP contribution >= 0.6 is 7.82 Å². The van der Waals surface area contributed by atoms with Crippen LogP contribution in [0, 0.1) is 5.41 Å². The van der Waals surface area contributed by atoms with Gasteiger partial charge in [-0.05, 0) is 17.7 Å². The van der Waals surface area contributed by atoms with Gasteiger partial charge in [0.15, 0.2) is 5.78 Å². The van der Waals surface area contributed by atoms with Crippen molar-refractivity contribution in [2.45, 2.75) is 33.9 Å². The predicted octanol–water partition coefficient (Wildman–Crippen LogP) is 3.50. The number of ketones is 2. The fourth-order valence-corrected chi connectivity index (χ4v) is 3.31. The Kier molecular flexibility index (Phi) is 6.67. The first-order valence-electron chi connectivity index (χ1n) is 9.80. The Morgan fingerprint density at radius 1 is 1.12 bits per heavy atom. The standard InChI is InChI=1S/C22H25N2O7P/c1-22(2,3)19(25)12-24-18-11-16(30-4)9-10-17(18)20(23-24)21(26)15-7-5-14(6-8-15)13-31-32(27,28)29/h5-11H,12-13H2,1-4H3,(H2,27,28,29)/i13+2. The van der Waals surface area contributed by atoms with Gasteiger partial charge in [-0.2, -0.15) is 5.10 Å². The lowest BCUT2D eigenvalue weighted by Crippen LogP contribution is -2.25. The molecule has 0 saturated carbocycles. The highest BCUT2D eigenvalue weighted by Gasteiger charge is 2.25. The maximum atomic E-state index is 13.2. The number of carbonyl (C=O) groups excluding carboxylic acids is 2. The van der Waals surface area contributed by atoms with E-state index in [-0.39, 0.29) is 30.4 Å². The molecule has 2 aromatic carbocycles. The molecule has 3 rings (SSSR count). The number of phosphoric acid groups is 1. The van der Waals surface area contributed by atoms with E-state index in [2.05, 4.69) is 9.62 Å². The zero-order chi connectivity index (χ0) is 23.7. The largest absolute Gasteiger partial charge is 0.497 e. The predicted molar refractivity (Wildman–Crippen MR) is 117 cm³/mol. The monoisotopic (exact) mass is 462 g/mol. The number of carbonyl (C=O) groups is 2. The number of aromatic nitrogens is 2. The molecule has 3 aromatic rings. The number of phosphoric ester groups is 1. The van der Waals surface area contributed by atoms with Gasteiger partial charge in [-0.1, -0.05) is 45.0 Å². The second kappa shape index (κ2) is 8.96. The number of benzene rings is 2. The van der Waals surface area contributed by atoms with Gasteiger partial charge in [0.2, 0.25) is 5.78 Å². The van der Waals surface area contributed by atoms with E-state index < -0.39 is 13.2 Å². The van der Waals surface area contributed by atoms with E-state index >= 15 is 0 Å². The molecule has 9 nitrogen and oxygen atoms in total. The molecule has 10 heteroatoms. The van der Waals surface area contributed by atoms with Gasteiger partial charge in [0, 0.05) is 22.4 Å². The molecule has 1 aromatic heterocycles. The third-order valence-electron chi connectivity index (χ3n) is 4.92. The quantitative estimate of drug-likeness (QED) is 0.385. The molecule has 0 saturated heterocycles. The average Bonchev–Trinajstić information content (AvgIpc) is 3.08. The molecule has 1 heterocycles. The van der Waals surface area contributed by atoms with Crippen LogP contribution in [0.2, 0.25) is 0 Å². The Morgan fingerprint density at radius 3 is 2.34 bits per heavy atom. The van der Waals surface area contributed by atoms with Crippen LogP contribution in [0.4, 0.5) is 0 Å². The SMILES string of the molecule is COc1ccc2c(C(=O)c3ccc([14CH2]OP(=O)(O)O)cc3)nn(CC(=O)C(C)(C)C)c2c1. The molecule has 2 N–H and O–H groups in total. The summed E-state index contributed by atoms with van der Waals surface area (Å²) in [5.41, 5.74) is 1.09. The Hall–Kier alpha value is -2.84. The van der Waals surface area contributed by atoms with Crippen LogP contribution in [-0.4, -0.2) is 38.2 Å². The maximum Gasteiger partial charge on any atom is 0.469 e. The molecule has 0 spiro atoms. The zero-order valence-corrected chi connectivity index (χ0v) is 19.1. The first-order chi connectivity index (χ1) is 14.9. The lowest BCUT2D eigenvalue weighted by atomic mass is 9.91. The van der Waals surface area contributed by atoms with Gasteiger partial charge in [0.25, 0.3) is 0 Å². The Balaban J connectivity index is 1.96. The van der Waals surface area contributed by atoms with Crippen molar-refractivity contribution < 1.29 is 33.2 Å². The van der Waals surface area contributed by atoms with Crippen LogP contribution < -0.4 is 4.74 Å². The smallest absolute Gasteiger partial charge is 0.469 e. The maximum absolute atomic E-state index is 13.2. The molecule has 0 aliphatic heterocycles. The molecule has 32 heavy (non-hydrogen) atoms. The molecular weight excluding hydrogens is 437 g/mol. The van der Waals surface area contributed by atoms with Crippen molar-refractivity contribution in [1.82, 2.24) is 9.78 Å². The van der Waals surface area contributed by atoms with Crippen LogP contribution in [0.25, 0.3) is 10.9 Å². The van der Waals surface area contributed by atoms with E-state index in [1.807, 2.05) is 20.8 Å². The Labute approximate surface area is 185 Å². The number of hydrogen-bond acceptors (Lipinski definition) is 6. The minimum absolute atomic E-state index is 0.0130. The highest BCUT2D eigenvalue weighted by Crippen LogP contribution is 2.37. The van der Waals surface area contributed by atoms with Gasteiger partial charge < -0.3 is 14.5 Å². The van der Waals surface area contributed by atoms with Crippen LogP contribution in [-0.2, 0) is 27.0 Å². The summed E-state index contributed by atoms with van der Waals surface area (Å²) >= 11 is 0. The summed E-state index contributed by atoms with van der Waals surface area (Å²) in [5.74, 6) is 0.206. The molecule has 0 amide bonds. The number of nitrogens with zero attached hydrogens (tertiary/aromatic N) is 2. The molecule has 0 fully saturated rings. The summed E-state index contributed by atoms with van der Waals surface area (Å²) in [6.07, 6.45) is 0. The van der Waals surface area contributed by atoms with Crippen LogP contribution in [0.15, 0.2) is 42.5 Å². The molecule has 0 unspecified atom stereocenters. The summed E-state index contributed by atoms with van der Waals surface area (Å²) in [6, 6.07) is 11.4. The van der Waals surface area contributed by atoms with Crippen molar-refractivity contribution in [3.05, 3.63) is 59.3 Å². The third-order valence-corrected chi connectivity index (χ3v) is 5.38. The van der Waals surface area contributed by atoms with Crippen molar-refractivity contribution >= 4 is 30.3 Å². The first-order valence-corrected chi connectivity index (χ1v) is 11.3. The molecule has 170 valence electrons. The molecule has 0 aliphatic rings. The summed E-state index contributed by atoms with van der Waals surface area (Å²) in [7, 11) is -3.05. The average molecular weight is 462 g/mol. The van der Waals surface area contributed by atoms with E-state index in [1.165, 1.54) is 23.9 Å². The van der Waals surface area contributed by atoms with Crippen LogP contribution in [0.3, 0.4) is 0 Å². The Bertz CT molecular complexity index is 1200. The number of ether oxygens (including phenoxy) is 1. The van der Waals surface area contributed by atoms with E-state index in [0.717, 1.165) is 0 Å². The van der Waals surface area contributed by atoms with Crippen LogP contribution in [0.1, 0.15) is 42.4 Å². The van der Waals surface area contributed by atoms with Gasteiger partial charge in [-0.15, -0.1) is 0 Å². The molecule has 0 bridgehead atoms. The van der Waals surface area contributed by atoms with Gasteiger partial charge in [-0.3, -0.25) is 18.8 Å². The van der Waals surface area contributed by atoms with Gasteiger partial charge in [-0.25, -0.2) is 4.57 Å². The van der Waals surface area contributed by atoms with Crippen LogP contribution in [0.5, 0.6) is 5.75 Å². The second-order valence-corrected chi connectivity index (χ2v) is 9.59. The fourth-order valence-electron chi connectivity index (χ4n) is 2.99. The van der Waals surface area contributed by atoms with Gasteiger partial charge in [0.05, 0.1) is 19.2 Å². The lowest BCUT2D eigenvalue weighted by molar-refractivity contribution is -0.127. The van der Waals surface area contributed by atoms with Gasteiger partial charge in [0.1, 0.15) is 18.0 Å². The molecule has 0 atom stereocenters. The van der Waals surface area contributed by atoms with Crippen molar-refractivity contribution in [3.8, 4) is 5.75 Å². The van der Waals surface area contributed by atoms with Crippen molar-refractivity contribution in [3.63, 3.8) is 0 Å². The summed E-state index contributed by atoms with van der Waals surface area (Å²) < 4.78 is 22.1. The fraction of sp³-hybridized carbons (Fsp3) is 0.318. The number of hydrogen-bond donors (Lipinski definition) is 2. The van der Waals surface area contributed by atoms with E-state index in [0.29, 0.717) is 27.8 Å². The number of Topliss-reactive ketones (excluding diaryl/α,β-unsaturated/α-hetero) is 1. The lowest BCUT2D eigenvalue weighted by Gasteiger charge is -2.16. The molecule has 0 aliphatic carbocycles. The number of methoxy groups -OCH3 is 1. The van der Waals surface area contributed by atoms with Crippen molar-refractivity contribution in [2.75, 3.05) is 7.11 Å². The third kappa shape index (κ3) is 5.49. The summed E-state index contributed by atoms with van der Waals surface area (Å²) in [5, 5.41) is 5.04. The normalized spacial score (nSPS) is 12.2. The zero-order valence-electron chi connectivity index (χ0n) is 18.2. The highest BCUT2D eigenvalue weighted by molar-refractivity contribution is 7.46. The van der Waals surface area contributed by atoms with E-state index in [1.54, 1.807) is 30.3 Å². The van der Waals surface area contributed by atoms with Crippen molar-refractivity contribution in [1.29, 1.82) is 0 Å². The summed E-state index contributed by atoms with van der Waals surface area (Å²) in [4.78, 5) is 43.4. The summed E-state index contributed by atoms with van der Waals surface area (Å²) in [6.45, 7) is 5.20. The number of rotatable bonds is 8. The topological polar surface area (TPSA) is 128 Å². The second-order valence-electron chi connectivity index (χ2n) is 8.35. The highest BCUT2D eigenvalue weighted by atomic mass is 31.2. The van der Waals surface area contributed by atoms with E-state index in [4.69, 9.17) is 14.5 Å². The first kappa shape index (κ1) is 23.8. The minimum atomic E-state index is -4.58. The van der Waals surface area contributed by atoms with E-state index in [9.17, 15) is 14.2 Å². The number of fused-ring (bicyclic) bond motifs is 1. The molecule has 0 radical (unpaired) electrons. The molecular formula is C22H25N2O7P. The minimum Gasteiger partial charge on any atom is -0.497 e. The Morgan fingerprint density at radius 2 is 1.78 bits per heavy atom. The van der Waals surface area contributed by atoms with Gasteiger partial charge >= 0.3 is 7.82 Å².